The van der Waals surface area contributed by atoms with Crippen LogP contribution in [0, 0.1) is 11.2 Å². The molecule has 8 nitrogen and oxygen atoms in total. The van der Waals surface area contributed by atoms with E-state index in [1.165, 1.54) is 12.1 Å². The third-order valence-corrected chi connectivity index (χ3v) is 6.55. The quantitative estimate of drug-likeness (QED) is 0.477. The Hall–Kier alpha value is -3.96. The van der Waals surface area contributed by atoms with E-state index in [1.54, 1.807) is 25.1 Å². The van der Waals surface area contributed by atoms with Crippen LogP contribution in [0.25, 0.3) is 0 Å². The number of anilines is 2. The zero-order valence-corrected chi connectivity index (χ0v) is 19.9. The average molecular weight is 516 g/mol. The molecule has 1 N–H and O–H groups in total. The number of aromatic nitrogens is 3. The van der Waals surface area contributed by atoms with Crippen LogP contribution in [-0.4, -0.2) is 52.2 Å². The molecule has 0 bridgehead atoms. The van der Waals surface area contributed by atoms with Gasteiger partial charge in [-0.1, -0.05) is 12.1 Å². The van der Waals surface area contributed by atoms with Gasteiger partial charge in [-0.25, -0.2) is 4.39 Å². The maximum Gasteiger partial charge on any atom is 0.433 e. The first-order valence-corrected chi connectivity index (χ1v) is 11.6. The highest BCUT2D eigenvalue weighted by Crippen LogP contribution is 2.42. The normalized spacial score (nSPS) is 16.2. The fourth-order valence-electron chi connectivity index (χ4n) is 4.52. The van der Waals surface area contributed by atoms with Crippen LogP contribution in [0.5, 0.6) is 5.88 Å². The molecule has 1 spiro atoms. The number of nitrogens with zero attached hydrogens (tertiary/aromatic N) is 5. The van der Waals surface area contributed by atoms with Gasteiger partial charge in [-0.2, -0.15) is 13.2 Å². The summed E-state index contributed by atoms with van der Waals surface area (Å²) in [6.45, 7) is 4.92. The molecule has 0 aliphatic carbocycles. The standard InChI is InChI=1S/C25H24F4N6O2/c1-16(36)34-12-24(13-34)14-35(15-24)19-4-3-18(20(26)8-19)10-31-22-6-7-23(33-32-22)37-11-17-2-5-21(30-9-17)25(27,28)29/h2-9H,10-15H2,1H3,(H,31,32). The molecule has 4 heterocycles. The number of carbonyl (C=O) groups is 1. The summed E-state index contributed by atoms with van der Waals surface area (Å²) in [4.78, 5) is 18.7. The van der Waals surface area contributed by atoms with Crippen molar-refractivity contribution in [2.24, 2.45) is 5.41 Å². The molecule has 2 fully saturated rings. The van der Waals surface area contributed by atoms with Gasteiger partial charge in [0.25, 0.3) is 0 Å². The first kappa shape index (κ1) is 24.7. The van der Waals surface area contributed by atoms with Crippen LogP contribution >= 0.6 is 0 Å². The van der Waals surface area contributed by atoms with Gasteiger partial charge in [-0.05, 0) is 24.3 Å². The third-order valence-electron chi connectivity index (χ3n) is 6.55. The fraction of sp³-hybridized carbons (Fsp3) is 0.360. The molecule has 2 aromatic heterocycles. The number of amides is 1. The highest BCUT2D eigenvalue weighted by molar-refractivity contribution is 5.74. The first-order chi connectivity index (χ1) is 17.6. The van der Waals surface area contributed by atoms with Gasteiger partial charge in [0.2, 0.25) is 11.8 Å². The van der Waals surface area contributed by atoms with Crippen molar-refractivity contribution in [1.82, 2.24) is 20.1 Å². The Morgan fingerprint density at radius 1 is 1.08 bits per heavy atom. The fourth-order valence-corrected chi connectivity index (χ4v) is 4.52. The second-order valence-corrected chi connectivity index (χ2v) is 9.46. The van der Waals surface area contributed by atoms with E-state index >= 15 is 0 Å². The van der Waals surface area contributed by atoms with Crippen LogP contribution in [-0.2, 0) is 24.1 Å². The van der Waals surface area contributed by atoms with Gasteiger partial charge in [0, 0.05) is 74.1 Å². The van der Waals surface area contributed by atoms with E-state index in [1.807, 2.05) is 11.0 Å². The Bertz CT molecular complexity index is 1270. The van der Waals surface area contributed by atoms with Crippen LogP contribution in [0.1, 0.15) is 23.7 Å². The minimum Gasteiger partial charge on any atom is -0.472 e. The molecule has 0 saturated carbocycles. The van der Waals surface area contributed by atoms with Gasteiger partial charge in [-0.3, -0.25) is 9.78 Å². The predicted octanol–water partition coefficient (Wildman–Crippen LogP) is 3.89. The number of hydrogen-bond donors (Lipinski definition) is 1. The molecule has 5 rings (SSSR count). The molecule has 0 radical (unpaired) electrons. The summed E-state index contributed by atoms with van der Waals surface area (Å²) in [7, 11) is 0. The number of carbonyl (C=O) groups excluding carboxylic acids is 1. The Labute approximate surface area is 210 Å². The van der Waals surface area contributed by atoms with Crippen molar-refractivity contribution in [2.45, 2.75) is 26.3 Å². The summed E-state index contributed by atoms with van der Waals surface area (Å²) in [5.41, 5.74) is 0.920. The van der Waals surface area contributed by atoms with Crippen molar-refractivity contribution in [3.63, 3.8) is 0 Å². The van der Waals surface area contributed by atoms with Crippen molar-refractivity contribution in [1.29, 1.82) is 0 Å². The van der Waals surface area contributed by atoms with Gasteiger partial charge >= 0.3 is 6.18 Å². The lowest BCUT2D eigenvalue weighted by Crippen LogP contribution is -2.72. The molecule has 1 aromatic carbocycles. The summed E-state index contributed by atoms with van der Waals surface area (Å²) in [5, 5.41) is 10.9. The molecule has 2 saturated heterocycles. The molecular formula is C25H24F4N6O2. The highest BCUT2D eigenvalue weighted by atomic mass is 19.4. The Balaban J connectivity index is 1.09. The molecule has 3 aromatic rings. The second-order valence-electron chi connectivity index (χ2n) is 9.46. The lowest BCUT2D eigenvalue weighted by molar-refractivity contribution is -0.142. The zero-order valence-electron chi connectivity index (χ0n) is 19.9. The van der Waals surface area contributed by atoms with E-state index in [0.717, 1.165) is 44.1 Å². The van der Waals surface area contributed by atoms with Gasteiger partial charge in [0.15, 0.2) is 0 Å². The minimum atomic E-state index is -4.49. The van der Waals surface area contributed by atoms with Crippen LogP contribution in [0.3, 0.4) is 0 Å². The number of hydrogen-bond acceptors (Lipinski definition) is 7. The first-order valence-electron chi connectivity index (χ1n) is 11.6. The summed E-state index contributed by atoms with van der Waals surface area (Å²) in [6, 6.07) is 10.5. The van der Waals surface area contributed by atoms with Crippen LogP contribution in [0.15, 0.2) is 48.7 Å². The number of likely N-dealkylation sites (tertiary alicyclic amines) is 1. The molecule has 37 heavy (non-hydrogen) atoms. The zero-order chi connectivity index (χ0) is 26.2. The number of alkyl halides is 3. The summed E-state index contributed by atoms with van der Waals surface area (Å²) < 4.78 is 57.9. The lowest BCUT2D eigenvalue weighted by Gasteiger charge is -2.60. The summed E-state index contributed by atoms with van der Waals surface area (Å²) in [5.74, 6) is 0.362. The average Bonchev–Trinajstić information content (AvgIpc) is 2.80. The topological polar surface area (TPSA) is 83.5 Å². The second kappa shape index (κ2) is 9.49. The van der Waals surface area contributed by atoms with Gasteiger partial charge < -0.3 is 19.9 Å². The van der Waals surface area contributed by atoms with Crippen molar-refractivity contribution in [2.75, 3.05) is 36.4 Å². The van der Waals surface area contributed by atoms with Crippen LogP contribution in [0.2, 0.25) is 0 Å². The van der Waals surface area contributed by atoms with Crippen molar-refractivity contribution < 1.29 is 27.1 Å². The Morgan fingerprint density at radius 3 is 2.46 bits per heavy atom. The molecule has 12 heteroatoms. The van der Waals surface area contributed by atoms with Gasteiger partial charge in [0.1, 0.15) is 23.9 Å². The Kier molecular flexibility index (Phi) is 6.34. The van der Waals surface area contributed by atoms with E-state index in [9.17, 15) is 22.4 Å². The molecule has 1 amide bonds. The van der Waals surface area contributed by atoms with E-state index in [-0.39, 0.29) is 36.2 Å². The SMILES string of the molecule is CC(=O)N1CC2(C1)CN(c1ccc(CNc3ccc(OCc4ccc(C(F)(F)F)nc4)nn3)c(F)c1)C2. The highest BCUT2D eigenvalue weighted by Gasteiger charge is 2.52. The molecule has 194 valence electrons. The maximum atomic E-state index is 14.7. The predicted molar refractivity (Wildman–Crippen MR) is 126 cm³/mol. The molecule has 2 aliphatic rings. The van der Waals surface area contributed by atoms with E-state index in [4.69, 9.17) is 4.74 Å². The number of pyridine rings is 1. The maximum absolute atomic E-state index is 14.7. The molecule has 0 unspecified atom stereocenters. The van der Waals surface area contributed by atoms with Crippen LogP contribution in [0.4, 0.5) is 29.1 Å². The number of benzene rings is 1. The van der Waals surface area contributed by atoms with E-state index in [2.05, 4.69) is 25.4 Å². The molecular weight excluding hydrogens is 492 g/mol. The largest absolute Gasteiger partial charge is 0.472 e. The summed E-state index contributed by atoms with van der Waals surface area (Å²) in [6.07, 6.45) is -3.39. The van der Waals surface area contributed by atoms with E-state index < -0.39 is 11.9 Å². The lowest BCUT2D eigenvalue weighted by atomic mass is 9.72. The van der Waals surface area contributed by atoms with Gasteiger partial charge in [0.05, 0.1) is 0 Å². The number of rotatable bonds is 7. The van der Waals surface area contributed by atoms with Gasteiger partial charge in [-0.15, -0.1) is 10.2 Å². The summed E-state index contributed by atoms with van der Waals surface area (Å²) >= 11 is 0. The van der Waals surface area contributed by atoms with Crippen molar-refractivity contribution in [3.8, 4) is 5.88 Å². The number of ether oxygens (including phenoxy) is 1. The number of nitrogens with one attached hydrogen (secondary N) is 1. The monoisotopic (exact) mass is 516 g/mol. The molecule has 2 aliphatic heterocycles. The smallest absolute Gasteiger partial charge is 0.433 e. The Morgan fingerprint density at radius 2 is 1.86 bits per heavy atom. The van der Waals surface area contributed by atoms with Crippen molar-refractivity contribution >= 4 is 17.4 Å². The third kappa shape index (κ3) is 5.42. The van der Waals surface area contributed by atoms with Crippen LogP contribution < -0.4 is 15.0 Å². The number of halogens is 4. The minimum absolute atomic E-state index is 0.0166. The molecule has 0 atom stereocenters. The van der Waals surface area contributed by atoms with Crippen molar-refractivity contribution in [3.05, 3.63) is 71.3 Å². The van der Waals surface area contributed by atoms with E-state index in [0.29, 0.717) is 16.9 Å².